The maximum absolute atomic E-state index is 11.1. The lowest BCUT2D eigenvalue weighted by Crippen LogP contribution is -2.34. The molecular weight excluding hydrogens is 250 g/mol. The Morgan fingerprint density at radius 2 is 2.29 bits per heavy atom. The van der Waals surface area contributed by atoms with E-state index in [1.807, 2.05) is 11.8 Å². The van der Waals surface area contributed by atoms with Crippen LogP contribution in [0, 0.1) is 0 Å². The van der Waals surface area contributed by atoms with E-state index in [0.29, 0.717) is 12.0 Å². The van der Waals surface area contributed by atoms with Crippen molar-refractivity contribution < 1.29 is 4.21 Å². The fourth-order valence-corrected chi connectivity index (χ4v) is 4.23. The van der Waals surface area contributed by atoms with Crippen LogP contribution in [0.5, 0.6) is 0 Å². The summed E-state index contributed by atoms with van der Waals surface area (Å²) in [5.74, 6) is 2.50. The van der Waals surface area contributed by atoms with E-state index in [-0.39, 0.29) is 0 Å². The Hall–Kier alpha value is -0.320. The van der Waals surface area contributed by atoms with Crippen LogP contribution in [0.1, 0.15) is 18.4 Å². The summed E-state index contributed by atoms with van der Waals surface area (Å²) in [7, 11) is -0.711. The molecule has 4 heteroatoms. The van der Waals surface area contributed by atoms with E-state index in [0.717, 1.165) is 18.1 Å². The van der Waals surface area contributed by atoms with Crippen molar-refractivity contribution in [3.05, 3.63) is 29.8 Å². The Kier molecular flexibility index (Phi) is 4.65. The summed E-state index contributed by atoms with van der Waals surface area (Å²) < 4.78 is 11.1. The minimum atomic E-state index is -0.711. The van der Waals surface area contributed by atoms with Crippen molar-refractivity contribution in [2.75, 3.05) is 24.3 Å². The summed E-state index contributed by atoms with van der Waals surface area (Å²) >= 11 is 1.94. The van der Waals surface area contributed by atoms with Crippen LogP contribution in [0.25, 0.3) is 0 Å². The number of thioether (sulfide) groups is 1. The molecule has 0 amide bonds. The highest BCUT2D eigenvalue weighted by atomic mass is 32.2. The minimum Gasteiger partial charge on any atom is -0.313 e. The fraction of sp³-hybridized carbons (Fsp3) is 0.538. The third-order valence-electron chi connectivity index (χ3n) is 3.00. The van der Waals surface area contributed by atoms with E-state index in [9.17, 15) is 4.21 Å². The van der Waals surface area contributed by atoms with Gasteiger partial charge in [0.2, 0.25) is 0 Å². The number of rotatable bonds is 5. The topological polar surface area (TPSA) is 29.1 Å². The molecule has 0 aromatic heterocycles. The molecule has 0 aliphatic carbocycles. The SMILES string of the molecule is CC(CS(C)=O)NCC1CSc2ccccc21. The average molecular weight is 269 g/mol. The third kappa shape index (κ3) is 3.57. The zero-order valence-electron chi connectivity index (χ0n) is 10.3. The molecule has 3 unspecified atom stereocenters. The Bertz CT molecular complexity index is 408. The average Bonchev–Trinajstić information content (AvgIpc) is 2.69. The highest BCUT2D eigenvalue weighted by Crippen LogP contribution is 2.38. The molecule has 2 rings (SSSR count). The lowest BCUT2D eigenvalue weighted by atomic mass is 10.0. The summed E-state index contributed by atoms with van der Waals surface area (Å²) in [6.45, 7) is 3.10. The Morgan fingerprint density at radius 3 is 3.06 bits per heavy atom. The molecule has 0 spiro atoms. The molecule has 0 radical (unpaired) electrons. The lowest BCUT2D eigenvalue weighted by molar-refractivity contribution is 0.553. The van der Waals surface area contributed by atoms with Gasteiger partial charge in [-0.15, -0.1) is 11.8 Å². The monoisotopic (exact) mass is 269 g/mol. The summed E-state index contributed by atoms with van der Waals surface area (Å²) in [6.07, 6.45) is 1.76. The summed E-state index contributed by atoms with van der Waals surface area (Å²) in [5, 5.41) is 3.49. The van der Waals surface area contributed by atoms with Crippen molar-refractivity contribution >= 4 is 22.6 Å². The maximum atomic E-state index is 11.1. The van der Waals surface area contributed by atoms with Crippen LogP contribution < -0.4 is 5.32 Å². The van der Waals surface area contributed by atoms with Crippen LogP contribution in [-0.2, 0) is 10.8 Å². The van der Waals surface area contributed by atoms with Crippen molar-refractivity contribution in [3.8, 4) is 0 Å². The van der Waals surface area contributed by atoms with Gasteiger partial charge in [0.15, 0.2) is 0 Å². The molecule has 2 nitrogen and oxygen atoms in total. The van der Waals surface area contributed by atoms with Gasteiger partial charge in [-0.1, -0.05) is 18.2 Å². The highest BCUT2D eigenvalue weighted by molar-refractivity contribution is 7.99. The van der Waals surface area contributed by atoms with Gasteiger partial charge in [0.1, 0.15) is 0 Å². The van der Waals surface area contributed by atoms with Gasteiger partial charge in [-0.25, -0.2) is 0 Å². The van der Waals surface area contributed by atoms with Gasteiger partial charge in [-0.3, -0.25) is 4.21 Å². The minimum absolute atomic E-state index is 0.332. The van der Waals surface area contributed by atoms with Crippen LogP contribution in [0.4, 0.5) is 0 Å². The fourth-order valence-electron chi connectivity index (χ4n) is 2.15. The van der Waals surface area contributed by atoms with Crippen molar-refractivity contribution in [1.82, 2.24) is 5.32 Å². The molecule has 1 aliphatic heterocycles. The summed E-state index contributed by atoms with van der Waals surface area (Å²) in [5.41, 5.74) is 1.47. The second-order valence-corrected chi connectivity index (χ2v) is 7.14. The zero-order valence-corrected chi connectivity index (χ0v) is 11.9. The molecule has 1 aromatic carbocycles. The highest BCUT2D eigenvalue weighted by Gasteiger charge is 2.22. The first kappa shape index (κ1) is 13.1. The smallest absolute Gasteiger partial charge is 0.0383 e. The van der Waals surface area contributed by atoms with Crippen molar-refractivity contribution in [3.63, 3.8) is 0 Å². The molecule has 1 heterocycles. The van der Waals surface area contributed by atoms with E-state index in [2.05, 4.69) is 36.5 Å². The molecule has 1 aromatic rings. The zero-order chi connectivity index (χ0) is 12.3. The van der Waals surface area contributed by atoms with Crippen LogP contribution in [0.15, 0.2) is 29.2 Å². The van der Waals surface area contributed by atoms with Gasteiger partial charge >= 0.3 is 0 Å². The van der Waals surface area contributed by atoms with E-state index < -0.39 is 10.8 Å². The van der Waals surface area contributed by atoms with Crippen LogP contribution in [0.2, 0.25) is 0 Å². The second kappa shape index (κ2) is 6.03. The predicted molar refractivity (Wildman–Crippen MR) is 76.3 cm³/mol. The Labute approximate surface area is 110 Å². The first-order valence-corrected chi connectivity index (χ1v) is 8.63. The number of hydrogen-bond donors (Lipinski definition) is 1. The molecule has 1 aliphatic rings. The van der Waals surface area contributed by atoms with E-state index in [1.54, 1.807) is 6.26 Å². The first-order chi connectivity index (χ1) is 8.16. The molecule has 94 valence electrons. The maximum Gasteiger partial charge on any atom is 0.0383 e. The number of benzene rings is 1. The largest absolute Gasteiger partial charge is 0.313 e. The van der Waals surface area contributed by atoms with Gasteiger partial charge in [-0.2, -0.15) is 0 Å². The second-order valence-electron chi connectivity index (χ2n) is 4.59. The molecule has 0 saturated carbocycles. The van der Waals surface area contributed by atoms with E-state index in [4.69, 9.17) is 0 Å². The van der Waals surface area contributed by atoms with Crippen molar-refractivity contribution in [2.45, 2.75) is 23.8 Å². The lowest BCUT2D eigenvalue weighted by Gasteiger charge is -2.16. The van der Waals surface area contributed by atoms with Crippen molar-refractivity contribution in [1.29, 1.82) is 0 Å². The molecule has 0 fully saturated rings. The number of nitrogens with one attached hydrogen (secondary N) is 1. The molecule has 0 bridgehead atoms. The first-order valence-electron chi connectivity index (χ1n) is 5.92. The summed E-state index contributed by atoms with van der Waals surface area (Å²) in [6, 6.07) is 8.97. The molecule has 3 atom stereocenters. The Morgan fingerprint density at radius 1 is 1.53 bits per heavy atom. The normalized spacial score (nSPS) is 22.1. The van der Waals surface area contributed by atoms with Gasteiger partial charge in [0.05, 0.1) is 0 Å². The number of hydrogen-bond acceptors (Lipinski definition) is 3. The molecule has 17 heavy (non-hydrogen) atoms. The number of fused-ring (bicyclic) bond motifs is 1. The Balaban J connectivity index is 1.87. The van der Waals surface area contributed by atoms with Gasteiger partial charge in [0, 0.05) is 52.0 Å². The van der Waals surface area contributed by atoms with Gasteiger partial charge in [0.25, 0.3) is 0 Å². The van der Waals surface area contributed by atoms with Crippen LogP contribution in [-0.4, -0.2) is 34.6 Å². The van der Waals surface area contributed by atoms with Gasteiger partial charge < -0.3 is 5.32 Å². The van der Waals surface area contributed by atoms with Gasteiger partial charge in [-0.05, 0) is 18.6 Å². The van der Waals surface area contributed by atoms with Crippen LogP contribution >= 0.6 is 11.8 Å². The van der Waals surface area contributed by atoms with E-state index in [1.165, 1.54) is 10.5 Å². The van der Waals surface area contributed by atoms with Crippen LogP contribution in [0.3, 0.4) is 0 Å². The molecular formula is C13H19NOS2. The predicted octanol–water partition coefficient (Wildman–Crippen LogP) is 2.23. The summed E-state index contributed by atoms with van der Waals surface area (Å²) in [4.78, 5) is 1.42. The molecule has 0 saturated heterocycles. The van der Waals surface area contributed by atoms with Crippen molar-refractivity contribution in [2.24, 2.45) is 0 Å². The van der Waals surface area contributed by atoms with E-state index >= 15 is 0 Å². The third-order valence-corrected chi connectivity index (χ3v) is 5.22. The molecule has 1 N–H and O–H groups in total. The standard InChI is InChI=1S/C13H19NOS2/c1-10(9-17(2)15)14-7-11-8-16-13-6-4-3-5-12(11)13/h3-6,10-11,14H,7-9H2,1-2H3. The quantitative estimate of drug-likeness (QED) is 0.889.